The number of aromatic nitrogens is 2. The Labute approximate surface area is 204 Å². The number of hydrogen-bond acceptors (Lipinski definition) is 5. The van der Waals surface area contributed by atoms with Gasteiger partial charge in [0.2, 0.25) is 5.88 Å². The van der Waals surface area contributed by atoms with Crippen LogP contribution in [0.3, 0.4) is 0 Å². The van der Waals surface area contributed by atoms with Gasteiger partial charge in [-0.25, -0.2) is 4.68 Å². The second-order valence-electron chi connectivity index (χ2n) is 9.25. The maximum Gasteiger partial charge on any atom is 0.227 e. The van der Waals surface area contributed by atoms with Crippen molar-refractivity contribution in [2.75, 3.05) is 13.2 Å². The van der Waals surface area contributed by atoms with Gasteiger partial charge >= 0.3 is 0 Å². The van der Waals surface area contributed by atoms with Gasteiger partial charge in [0.1, 0.15) is 5.75 Å². The van der Waals surface area contributed by atoms with E-state index in [4.69, 9.17) is 14.6 Å². The lowest BCUT2D eigenvalue weighted by molar-refractivity contribution is -0.0150. The van der Waals surface area contributed by atoms with Gasteiger partial charge in [-0.1, -0.05) is 42.8 Å². The predicted octanol–water partition coefficient (Wildman–Crippen LogP) is 5.67. The second-order valence-corrected chi connectivity index (χ2v) is 9.25. The van der Waals surface area contributed by atoms with Crippen LogP contribution in [-0.2, 0) is 11.3 Å². The lowest BCUT2D eigenvalue weighted by Gasteiger charge is -2.30. The van der Waals surface area contributed by atoms with Crippen molar-refractivity contribution < 1.29 is 14.6 Å². The smallest absolute Gasteiger partial charge is 0.227 e. The molecule has 2 unspecified atom stereocenters. The number of nitrogens with zero attached hydrogens (tertiary/aromatic N) is 3. The molecule has 2 aromatic carbocycles. The average molecular weight is 466 g/mol. The van der Waals surface area contributed by atoms with Crippen LogP contribution in [0.2, 0.25) is 0 Å². The lowest BCUT2D eigenvalue weighted by Crippen LogP contribution is -2.40. The van der Waals surface area contributed by atoms with Crippen molar-refractivity contribution in [2.24, 2.45) is 0 Å². The van der Waals surface area contributed by atoms with Gasteiger partial charge < -0.3 is 14.6 Å². The summed E-state index contributed by atoms with van der Waals surface area (Å²) in [6.45, 7) is 13.8. The molecule has 6 heteroatoms. The second kappa shape index (κ2) is 12.2. The zero-order chi connectivity index (χ0) is 24.7. The number of aryl methyl sites for hydroxylation is 2. The van der Waals surface area contributed by atoms with E-state index in [0.29, 0.717) is 25.6 Å². The summed E-state index contributed by atoms with van der Waals surface area (Å²) in [4.78, 5) is 2.29. The highest BCUT2D eigenvalue weighted by Crippen LogP contribution is 2.32. The van der Waals surface area contributed by atoms with Crippen molar-refractivity contribution in [2.45, 2.75) is 72.8 Å². The summed E-state index contributed by atoms with van der Waals surface area (Å²) in [5, 5.41) is 15.5. The number of rotatable bonds is 12. The highest BCUT2D eigenvalue weighted by Gasteiger charge is 2.24. The van der Waals surface area contributed by atoms with Crippen molar-refractivity contribution in [3.05, 3.63) is 71.4 Å². The summed E-state index contributed by atoms with van der Waals surface area (Å²) < 4.78 is 14.0. The monoisotopic (exact) mass is 465 g/mol. The van der Waals surface area contributed by atoms with Gasteiger partial charge in [0, 0.05) is 19.1 Å². The molecule has 0 aliphatic heterocycles. The molecule has 6 nitrogen and oxygen atoms in total. The van der Waals surface area contributed by atoms with Crippen molar-refractivity contribution in [1.29, 1.82) is 0 Å². The topological polar surface area (TPSA) is 59.8 Å². The third kappa shape index (κ3) is 6.92. The Bertz CT molecular complexity index is 1020. The maximum atomic E-state index is 10.7. The summed E-state index contributed by atoms with van der Waals surface area (Å²) in [5.74, 6) is 1.47. The minimum Gasteiger partial charge on any atom is -0.439 e. The number of benzene rings is 2. The van der Waals surface area contributed by atoms with Gasteiger partial charge in [0.25, 0.3) is 0 Å². The van der Waals surface area contributed by atoms with Crippen LogP contribution < -0.4 is 4.74 Å². The fourth-order valence-corrected chi connectivity index (χ4v) is 3.78. The van der Waals surface area contributed by atoms with Gasteiger partial charge in [0.05, 0.1) is 35.8 Å². The molecule has 1 aromatic heterocycles. The summed E-state index contributed by atoms with van der Waals surface area (Å²) in [5.41, 5.74) is 4.05. The van der Waals surface area contributed by atoms with Crippen LogP contribution in [-0.4, -0.2) is 51.2 Å². The number of ether oxygens (including phenoxy) is 2. The Balaban J connectivity index is 1.95. The first-order valence-electron chi connectivity index (χ1n) is 12.2. The Morgan fingerprint density at radius 1 is 1.00 bits per heavy atom. The van der Waals surface area contributed by atoms with Crippen LogP contribution in [0.15, 0.2) is 54.6 Å². The van der Waals surface area contributed by atoms with E-state index < -0.39 is 6.10 Å². The Morgan fingerprint density at radius 2 is 1.68 bits per heavy atom. The zero-order valence-corrected chi connectivity index (χ0v) is 21.4. The van der Waals surface area contributed by atoms with E-state index in [0.717, 1.165) is 29.1 Å². The SMILES string of the molecule is CCC(C)N(Cc1c(C)nn(-c2ccccc2)c1Oc1ccc(C)cc1)CC(O)COC(C)C. The minimum atomic E-state index is -0.567. The molecular weight excluding hydrogens is 426 g/mol. The molecule has 0 saturated heterocycles. The molecule has 0 spiro atoms. The molecule has 0 fully saturated rings. The van der Waals surface area contributed by atoms with E-state index in [2.05, 4.69) is 25.7 Å². The van der Waals surface area contributed by atoms with E-state index in [9.17, 15) is 5.11 Å². The number of aliphatic hydroxyl groups excluding tert-OH is 1. The summed E-state index contributed by atoms with van der Waals surface area (Å²) in [6.07, 6.45) is 0.493. The van der Waals surface area contributed by atoms with E-state index in [-0.39, 0.29) is 12.1 Å². The van der Waals surface area contributed by atoms with E-state index in [1.165, 1.54) is 5.56 Å². The Hall–Kier alpha value is -2.67. The van der Waals surface area contributed by atoms with Crippen molar-refractivity contribution in [3.63, 3.8) is 0 Å². The minimum absolute atomic E-state index is 0.0903. The first-order valence-corrected chi connectivity index (χ1v) is 12.2. The summed E-state index contributed by atoms with van der Waals surface area (Å²) in [6, 6.07) is 18.4. The zero-order valence-electron chi connectivity index (χ0n) is 21.4. The van der Waals surface area contributed by atoms with Crippen LogP contribution in [0, 0.1) is 13.8 Å². The van der Waals surface area contributed by atoms with Gasteiger partial charge in [0.15, 0.2) is 0 Å². The van der Waals surface area contributed by atoms with E-state index in [1.54, 1.807) is 0 Å². The van der Waals surface area contributed by atoms with Crippen LogP contribution >= 0.6 is 0 Å². The van der Waals surface area contributed by atoms with Gasteiger partial charge in [-0.15, -0.1) is 0 Å². The molecule has 3 aromatic rings. The van der Waals surface area contributed by atoms with Crippen LogP contribution in [0.5, 0.6) is 11.6 Å². The predicted molar refractivity (Wildman–Crippen MR) is 137 cm³/mol. The lowest BCUT2D eigenvalue weighted by atomic mass is 10.1. The van der Waals surface area contributed by atoms with Crippen molar-refractivity contribution in [1.82, 2.24) is 14.7 Å². The summed E-state index contributed by atoms with van der Waals surface area (Å²) in [7, 11) is 0. The molecule has 2 atom stereocenters. The highest BCUT2D eigenvalue weighted by atomic mass is 16.5. The third-order valence-corrected chi connectivity index (χ3v) is 6.02. The Kier molecular flexibility index (Phi) is 9.28. The fourth-order valence-electron chi connectivity index (χ4n) is 3.78. The molecular formula is C28H39N3O3. The quantitative estimate of drug-likeness (QED) is 0.374. The average Bonchev–Trinajstić information content (AvgIpc) is 3.13. The molecule has 34 heavy (non-hydrogen) atoms. The molecule has 0 aliphatic rings. The molecule has 3 rings (SSSR count). The standard InChI is InChI=1S/C28H39N3O3/c1-7-22(5)30(17-25(32)19-33-20(2)3)18-27-23(6)29-31(24-11-9-8-10-12-24)28(27)34-26-15-13-21(4)14-16-26/h8-16,20,22,25,32H,7,17-19H2,1-6H3. The molecule has 0 bridgehead atoms. The van der Waals surface area contributed by atoms with Gasteiger partial charge in [-0.2, -0.15) is 5.10 Å². The molecule has 0 radical (unpaired) electrons. The third-order valence-electron chi connectivity index (χ3n) is 6.02. The van der Waals surface area contributed by atoms with Crippen LogP contribution in [0.1, 0.15) is 50.9 Å². The van der Waals surface area contributed by atoms with Crippen LogP contribution in [0.4, 0.5) is 0 Å². The summed E-state index contributed by atoms with van der Waals surface area (Å²) >= 11 is 0. The normalized spacial score (nSPS) is 13.4. The Morgan fingerprint density at radius 3 is 2.29 bits per heavy atom. The maximum absolute atomic E-state index is 10.7. The van der Waals surface area contributed by atoms with Gasteiger partial charge in [-0.3, -0.25) is 4.90 Å². The first kappa shape index (κ1) is 25.9. The molecule has 0 amide bonds. The van der Waals surface area contributed by atoms with E-state index >= 15 is 0 Å². The fraction of sp³-hybridized carbons (Fsp3) is 0.464. The van der Waals surface area contributed by atoms with Crippen LogP contribution in [0.25, 0.3) is 5.69 Å². The van der Waals surface area contributed by atoms with E-state index in [1.807, 2.05) is 80.1 Å². The molecule has 1 N–H and O–H groups in total. The molecule has 0 aliphatic carbocycles. The molecule has 1 heterocycles. The number of para-hydroxylation sites is 1. The molecule has 0 saturated carbocycles. The largest absolute Gasteiger partial charge is 0.439 e. The van der Waals surface area contributed by atoms with Crippen molar-refractivity contribution >= 4 is 0 Å². The number of aliphatic hydroxyl groups is 1. The van der Waals surface area contributed by atoms with Gasteiger partial charge in [-0.05, 0) is 65.3 Å². The highest BCUT2D eigenvalue weighted by molar-refractivity contribution is 5.43. The number of hydrogen-bond donors (Lipinski definition) is 1. The molecule has 184 valence electrons. The van der Waals surface area contributed by atoms with Crippen molar-refractivity contribution in [3.8, 4) is 17.3 Å². The first-order chi connectivity index (χ1) is 16.3.